The van der Waals surface area contributed by atoms with Crippen molar-refractivity contribution in [2.24, 2.45) is 0 Å². The number of carboxylic acids is 1. The average molecular weight is 264 g/mol. The SMILES string of the molecule is O=C(O)c1nnc2n1CCN(C(=O)C(F)(F)F)C2. The van der Waals surface area contributed by atoms with Crippen molar-refractivity contribution < 1.29 is 27.9 Å². The molecule has 98 valence electrons. The van der Waals surface area contributed by atoms with Gasteiger partial charge in [0.15, 0.2) is 5.82 Å². The molecule has 0 aromatic carbocycles. The van der Waals surface area contributed by atoms with Gasteiger partial charge in [-0.3, -0.25) is 4.79 Å². The Morgan fingerprint density at radius 1 is 1.22 bits per heavy atom. The number of carboxylic acid groups (broad SMARTS) is 1. The third kappa shape index (κ3) is 2.00. The summed E-state index contributed by atoms with van der Waals surface area (Å²) in [7, 11) is 0. The highest BCUT2D eigenvalue weighted by Gasteiger charge is 2.43. The second-order valence-electron chi connectivity index (χ2n) is 3.62. The molecule has 0 fully saturated rings. The highest BCUT2D eigenvalue weighted by Crippen LogP contribution is 2.22. The molecule has 0 radical (unpaired) electrons. The van der Waals surface area contributed by atoms with Crippen LogP contribution in [0.4, 0.5) is 13.2 Å². The molecule has 1 aliphatic rings. The summed E-state index contributed by atoms with van der Waals surface area (Å²) < 4.78 is 37.8. The number of halogens is 3. The second kappa shape index (κ2) is 3.96. The maximum atomic E-state index is 12.2. The first-order valence-electron chi connectivity index (χ1n) is 4.82. The van der Waals surface area contributed by atoms with E-state index in [0.29, 0.717) is 4.90 Å². The maximum absolute atomic E-state index is 12.2. The lowest BCUT2D eigenvalue weighted by Crippen LogP contribution is -2.45. The number of carbonyl (C=O) groups excluding carboxylic acids is 1. The fourth-order valence-electron chi connectivity index (χ4n) is 1.67. The van der Waals surface area contributed by atoms with E-state index in [-0.39, 0.29) is 24.7 Å². The van der Waals surface area contributed by atoms with Gasteiger partial charge >= 0.3 is 18.1 Å². The molecule has 0 spiro atoms. The number of aromatic carboxylic acids is 1. The van der Waals surface area contributed by atoms with Crippen LogP contribution in [0.5, 0.6) is 0 Å². The summed E-state index contributed by atoms with van der Waals surface area (Å²) in [5.41, 5.74) is 0. The van der Waals surface area contributed by atoms with E-state index in [9.17, 15) is 22.8 Å². The minimum absolute atomic E-state index is 0.0243. The van der Waals surface area contributed by atoms with E-state index in [0.717, 1.165) is 0 Å². The largest absolute Gasteiger partial charge is 0.475 e. The zero-order valence-corrected chi connectivity index (χ0v) is 8.81. The molecular formula is C8H7F3N4O3. The number of amides is 1. The predicted molar refractivity (Wildman–Crippen MR) is 48.5 cm³/mol. The van der Waals surface area contributed by atoms with Crippen LogP contribution in [0.15, 0.2) is 0 Å². The number of carbonyl (C=O) groups is 2. The van der Waals surface area contributed by atoms with Crippen LogP contribution in [-0.4, -0.2) is 49.4 Å². The number of aromatic nitrogens is 3. The first kappa shape index (κ1) is 12.3. The van der Waals surface area contributed by atoms with Crippen molar-refractivity contribution in [2.45, 2.75) is 19.3 Å². The molecule has 0 aliphatic carbocycles. The summed E-state index contributed by atoms with van der Waals surface area (Å²) in [4.78, 5) is 22.3. The van der Waals surface area contributed by atoms with E-state index in [4.69, 9.17) is 5.11 Å². The zero-order chi connectivity index (χ0) is 13.5. The first-order valence-corrected chi connectivity index (χ1v) is 4.82. The number of rotatable bonds is 1. The molecule has 2 rings (SSSR count). The van der Waals surface area contributed by atoms with Crippen molar-refractivity contribution in [3.63, 3.8) is 0 Å². The molecular weight excluding hydrogens is 257 g/mol. The Morgan fingerprint density at radius 2 is 1.89 bits per heavy atom. The Labute approximate surface area is 97.8 Å². The Bertz CT molecular complexity index is 510. The number of nitrogens with zero attached hydrogens (tertiary/aromatic N) is 4. The van der Waals surface area contributed by atoms with E-state index >= 15 is 0 Å². The van der Waals surface area contributed by atoms with Gasteiger partial charge in [0.2, 0.25) is 5.82 Å². The summed E-state index contributed by atoms with van der Waals surface area (Å²) in [5, 5.41) is 15.6. The van der Waals surface area contributed by atoms with Crippen LogP contribution >= 0.6 is 0 Å². The molecule has 1 aromatic heterocycles. The van der Waals surface area contributed by atoms with Crippen LogP contribution < -0.4 is 0 Å². The second-order valence-corrected chi connectivity index (χ2v) is 3.62. The van der Waals surface area contributed by atoms with Crippen molar-refractivity contribution in [1.82, 2.24) is 19.7 Å². The van der Waals surface area contributed by atoms with Crippen LogP contribution in [0.3, 0.4) is 0 Å². The van der Waals surface area contributed by atoms with Crippen molar-refractivity contribution in [1.29, 1.82) is 0 Å². The number of hydrogen-bond donors (Lipinski definition) is 1. The molecule has 0 bridgehead atoms. The standard InChI is InChI=1S/C8H7F3N4O3/c9-8(10,11)7(18)14-1-2-15-4(3-14)12-13-5(15)6(16)17/h1-3H2,(H,16,17). The number of hydrogen-bond acceptors (Lipinski definition) is 4. The molecule has 0 atom stereocenters. The molecule has 10 heteroatoms. The lowest BCUT2D eigenvalue weighted by Gasteiger charge is -2.27. The minimum atomic E-state index is -4.95. The molecule has 18 heavy (non-hydrogen) atoms. The Hall–Kier alpha value is -2.13. The molecule has 1 amide bonds. The molecule has 7 nitrogen and oxygen atoms in total. The molecule has 0 saturated carbocycles. The van der Waals surface area contributed by atoms with Gasteiger partial charge in [-0.1, -0.05) is 0 Å². The third-order valence-electron chi connectivity index (χ3n) is 2.47. The summed E-state index contributed by atoms with van der Waals surface area (Å²) in [6, 6.07) is 0. The molecule has 2 heterocycles. The topological polar surface area (TPSA) is 88.3 Å². The van der Waals surface area contributed by atoms with Crippen molar-refractivity contribution in [3.8, 4) is 0 Å². The van der Waals surface area contributed by atoms with Gasteiger partial charge in [0.1, 0.15) is 0 Å². The van der Waals surface area contributed by atoms with E-state index in [1.54, 1.807) is 0 Å². The van der Waals surface area contributed by atoms with Crippen LogP contribution in [0.2, 0.25) is 0 Å². The van der Waals surface area contributed by atoms with Gasteiger partial charge in [0.05, 0.1) is 6.54 Å². The highest BCUT2D eigenvalue weighted by atomic mass is 19.4. The fourth-order valence-corrected chi connectivity index (χ4v) is 1.67. The van der Waals surface area contributed by atoms with Crippen LogP contribution in [0, 0.1) is 0 Å². The van der Waals surface area contributed by atoms with Gasteiger partial charge in [0.25, 0.3) is 0 Å². The number of alkyl halides is 3. The van der Waals surface area contributed by atoms with E-state index < -0.39 is 24.6 Å². The van der Waals surface area contributed by atoms with Gasteiger partial charge in [-0.15, -0.1) is 10.2 Å². The Kier molecular flexibility index (Phi) is 2.71. The normalized spacial score (nSPS) is 15.4. The van der Waals surface area contributed by atoms with E-state index in [1.165, 1.54) is 4.57 Å². The van der Waals surface area contributed by atoms with Gasteiger partial charge < -0.3 is 14.6 Å². The third-order valence-corrected chi connectivity index (χ3v) is 2.47. The minimum Gasteiger partial charge on any atom is -0.475 e. The van der Waals surface area contributed by atoms with E-state index in [1.807, 2.05) is 0 Å². The van der Waals surface area contributed by atoms with Gasteiger partial charge in [-0.2, -0.15) is 13.2 Å². The van der Waals surface area contributed by atoms with Crippen molar-refractivity contribution >= 4 is 11.9 Å². The zero-order valence-electron chi connectivity index (χ0n) is 8.81. The van der Waals surface area contributed by atoms with Crippen LogP contribution in [-0.2, 0) is 17.9 Å². The molecule has 1 N–H and O–H groups in total. The van der Waals surface area contributed by atoms with Crippen molar-refractivity contribution in [3.05, 3.63) is 11.6 Å². The summed E-state index contributed by atoms with van der Waals surface area (Å²) in [5.74, 6) is -3.60. The average Bonchev–Trinajstić information content (AvgIpc) is 2.69. The summed E-state index contributed by atoms with van der Waals surface area (Å²) >= 11 is 0. The maximum Gasteiger partial charge on any atom is 0.471 e. The highest BCUT2D eigenvalue weighted by molar-refractivity contribution is 5.84. The van der Waals surface area contributed by atoms with Gasteiger partial charge in [-0.25, -0.2) is 4.79 Å². The number of fused-ring (bicyclic) bond motifs is 1. The van der Waals surface area contributed by atoms with Crippen LogP contribution in [0.25, 0.3) is 0 Å². The van der Waals surface area contributed by atoms with Gasteiger partial charge in [-0.05, 0) is 0 Å². The summed E-state index contributed by atoms with van der Waals surface area (Å²) in [6.45, 7) is -0.714. The molecule has 0 saturated heterocycles. The fraction of sp³-hybridized carbons (Fsp3) is 0.500. The van der Waals surface area contributed by atoms with E-state index in [2.05, 4.69) is 10.2 Å². The lowest BCUT2D eigenvalue weighted by molar-refractivity contribution is -0.187. The molecule has 0 unspecified atom stereocenters. The Morgan fingerprint density at radius 3 is 2.44 bits per heavy atom. The predicted octanol–water partition coefficient (Wildman–Crippen LogP) is -0.119. The Balaban J connectivity index is 2.22. The molecule has 1 aromatic rings. The monoisotopic (exact) mass is 264 g/mol. The van der Waals surface area contributed by atoms with Gasteiger partial charge in [0, 0.05) is 13.1 Å². The quantitative estimate of drug-likeness (QED) is 0.764. The smallest absolute Gasteiger partial charge is 0.471 e. The van der Waals surface area contributed by atoms with Crippen molar-refractivity contribution in [2.75, 3.05) is 6.54 Å². The first-order chi connectivity index (χ1) is 8.30. The van der Waals surface area contributed by atoms with Crippen LogP contribution in [0.1, 0.15) is 16.4 Å². The lowest BCUT2D eigenvalue weighted by atomic mass is 10.3. The molecule has 1 aliphatic heterocycles. The summed E-state index contributed by atoms with van der Waals surface area (Å²) in [6.07, 6.45) is -4.95.